The van der Waals surface area contributed by atoms with Gasteiger partial charge in [-0.25, -0.2) is 8.42 Å². The fourth-order valence-corrected chi connectivity index (χ4v) is 2.71. The zero-order chi connectivity index (χ0) is 14.0. The van der Waals surface area contributed by atoms with Gasteiger partial charge in [0.2, 0.25) is 0 Å². The Hall–Kier alpha value is -1.75. The van der Waals surface area contributed by atoms with Crippen LogP contribution in [0.4, 0.5) is 5.82 Å². The van der Waals surface area contributed by atoms with Crippen LogP contribution in [0.3, 0.4) is 0 Å². The number of aromatic amines is 1. The number of nitrogens with zero attached hydrogens (tertiary/aromatic N) is 2. The molecule has 0 aliphatic carbocycles. The Morgan fingerprint density at radius 1 is 1.32 bits per heavy atom. The zero-order valence-electron chi connectivity index (χ0n) is 9.18. The molecule has 0 aliphatic heterocycles. The lowest BCUT2D eigenvalue weighted by atomic mass is 10.4. The van der Waals surface area contributed by atoms with Crippen molar-refractivity contribution in [3.05, 3.63) is 40.0 Å². The second kappa shape index (κ2) is 5.09. The highest BCUT2D eigenvalue weighted by atomic mass is 35.5. The Labute approximate surface area is 119 Å². The monoisotopic (exact) mass is 316 g/mol. The average Bonchev–Trinajstić information content (AvgIpc) is 2.79. The second-order valence-electron chi connectivity index (χ2n) is 3.45. The minimum atomic E-state index is -3.87. The van der Waals surface area contributed by atoms with Crippen LogP contribution in [0.15, 0.2) is 29.3 Å². The van der Waals surface area contributed by atoms with Crippen molar-refractivity contribution in [2.24, 2.45) is 0 Å². The molecular formula is C10H6Cl2N4O2S. The molecule has 19 heavy (non-hydrogen) atoms. The lowest BCUT2D eigenvalue weighted by Crippen LogP contribution is -2.14. The predicted octanol–water partition coefficient (Wildman–Crippen LogP) is 2.39. The Morgan fingerprint density at radius 3 is 2.68 bits per heavy atom. The van der Waals surface area contributed by atoms with E-state index in [1.54, 1.807) is 6.07 Å². The van der Waals surface area contributed by atoms with Gasteiger partial charge in [-0.15, -0.1) is 0 Å². The molecule has 2 rings (SSSR count). The molecule has 2 N–H and O–H groups in total. The van der Waals surface area contributed by atoms with Gasteiger partial charge >= 0.3 is 0 Å². The Balaban J connectivity index is 2.38. The van der Waals surface area contributed by atoms with Gasteiger partial charge in [0, 0.05) is 0 Å². The number of benzene rings is 1. The van der Waals surface area contributed by atoms with E-state index in [0.29, 0.717) is 0 Å². The summed E-state index contributed by atoms with van der Waals surface area (Å²) in [7, 11) is -3.87. The normalized spacial score (nSPS) is 11.0. The third-order valence-corrected chi connectivity index (χ3v) is 4.28. The number of rotatable bonds is 3. The van der Waals surface area contributed by atoms with E-state index in [4.69, 9.17) is 28.5 Å². The number of nitrogens with one attached hydrogen (secondary N) is 2. The summed E-state index contributed by atoms with van der Waals surface area (Å²) >= 11 is 11.5. The molecule has 0 aliphatic rings. The second-order valence-corrected chi connectivity index (χ2v) is 5.95. The molecule has 1 aromatic carbocycles. The highest BCUT2D eigenvalue weighted by molar-refractivity contribution is 7.92. The van der Waals surface area contributed by atoms with Gasteiger partial charge < -0.3 is 0 Å². The zero-order valence-corrected chi connectivity index (χ0v) is 11.5. The topological polar surface area (TPSA) is 98.6 Å². The van der Waals surface area contributed by atoms with E-state index in [2.05, 4.69) is 14.9 Å². The molecule has 0 bridgehead atoms. The van der Waals surface area contributed by atoms with Crippen LogP contribution in [-0.4, -0.2) is 18.6 Å². The smallest absolute Gasteiger partial charge is 0.263 e. The van der Waals surface area contributed by atoms with Crippen LogP contribution in [0.25, 0.3) is 0 Å². The average molecular weight is 317 g/mol. The largest absolute Gasteiger partial charge is 0.263 e. The Bertz CT molecular complexity index is 764. The van der Waals surface area contributed by atoms with Gasteiger partial charge in [-0.3, -0.25) is 9.82 Å². The number of aromatic nitrogens is 2. The molecule has 0 amide bonds. The van der Waals surface area contributed by atoms with Crippen molar-refractivity contribution >= 4 is 39.0 Å². The van der Waals surface area contributed by atoms with E-state index in [9.17, 15) is 8.42 Å². The molecule has 98 valence electrons. The van der Waals surface area contributed by atoms with Crippen molar-refractivity contribution in [1.29, 1.82) is 5.26 Å². The first kappa shape index (κ1) is 13.7. The van der Waals surface area contributed by atoms with Crippen LogP contribution in [0.2, 0.25) is 10.0 Å². The van der Waals surface area contributed by atoms with Crippen molar-refractivity contribution in [3.63, 3.8) is 0 Å². The van der Waals surface area contributed by atoms with Gasteiger partial charge in [-0.1, -0.05) is 23.2 Å². The number of halogens is 2. The van der Waals surface area contributed by atoms with E-state index >= 15 is 0 Å². The first-order valence-corrected chi connectivity index (χ1v) is 7.09. The Kier molecular flexibility index (Phi) is 3.66. The maximum absolute atomic E-state index is 12.1. The summed E-state index contributed by atoms with van der Waals surface area (Å²) in [5, 5.41) is 15.1. The fraction of sp³-hybridized carbons (Fsp3) is 0. The van der Waals surface area contributed by atoms with Crippen molar-refractivity contribution in [3.8, 4) is 6.07 Å². The number of anilines is 1. The molecular weight excluding hydrogens is 311 g/mol. The minimum Gasteiger partial charge on any atom is -0.263 e. The third kappa shape index (κ3) is 2.81. The molecule has 0 radical (unpaired) electrons. The van der Waals surface area contributed by atoms with E-state index in [1.807, 2.05) is 0 Å². The molecule has 0 saturated heterocycles. The SMILES string of the molecule is N#Cc1cn[nH]c1NS(=O)(=O)c1ccc(Cl)c(Cl)c1. The van der Waals surface area contributed by atoms with Gasteiger partial charge in [0.1, 0.15) is 11.6 Å². The molecule has 6 nitrogen and oxygen atoms in total. The molecule has 0 spiro atoms. The molecule has 1 heterocycles. The molecule has 2 aromatic rings. The van der Waals surface area contributed by atoms with E-state index in [-0.39, 0.29) is 26.3 Å². The number of sulfonamides is 1. The molecule has 1 aromatic heterocycles. The van der Waals surface area contributed by atoms with Gasteiger partial charge in [0.15, 0.2) is 5.82 Å². The first-order chi connectivity index (χ1) is 8.94. The summed E-state index contributed by atoms with van der Waals surface area (Å²) in [6.45, 7) is 0. The molecule has 0 saturated carbocycles. The van der Waals surface area contributed by atoms with Crippen LogP contribution in [0.1, 0.15) is 5.56 Å². The molecule has 0 atom stereocenters. The number of hydrogen-bond donors (Lipinski definition) is 2. The highest BCUT2D eigenvalue weighted by Crippen LogP contribution is 2.26. The van der Waals surface area contributed by atoms with Gasteiger partial charge in [-0.2, -0.15) is 10.4 Å². The number of nitriles is 1. The molecule has 9 heteroatoms. The summed E-state index contributed by atoms with van der Waals surface area (Å²) < 4.78 is 26.3. The van der Waals surface area contributed by atoms with Crippen LogP contribution >= 0.6 is 23.2 Å². The molecule has 0 unspecified atom stereocenters. The van der Waals surface area contributed by atoms with E-state index in [0.717, 1.165) is 0 Å². The summed E-state index contributed by atoms with van der Waals surface area (Å²) in [6.07, 6.45) is 1.21. The minimum absolute atomic E-state index is 0.00595. The standard InChI is InChI=1S/C10H6Cl2N4O2S/c11-8-2-1-7(3-9(8)12)19(17,18)16-10-6(4-13)5-14-15-10/h1-3,5H,(H2,14,15,16). The van der Waals surface area contributed by atoms with Crippen molar-refractivity contribution in [2.75, 3.05) is 4.72 Å². The van der Waals surface area contributed by atoms with Crippen LogP contribution < -0.4 is 4.72 Å². The molecule has 0 fully saturated rings. The highest BCUT2D eigenvalue weighted by Gasteiger charge is 2.18. The van der Waals surface area contributed by atoms with Gasteiger partial charge in [0.25, 0.3) is 10.0 Å². The van der Waals surface area contributed by atoms with E-state index in [1.165, 1.54) is 24.4 Å². The first-order valence-electron chi connectivity index (χ1n) is 4.85. The maximum atomic E-state index is 12.1. The number of H-pyrrole nitrogens is 1. The lowest BCUT2D eigenvalue weighted by molar-refractivity contribution is 0.601. The maximum Gasteiger partial charge on any atom is 0.263 e. The predicted molar refractivity (Wildman–Crippen MR) is 70.6 cm³/mol. The summed E-state index contributed by atoms with van der Waals surface area (Å²) in [4.78, 5) is -0.0691. The van der Waals surface area contributed by atoms with Crippen molar-refractivity contribution in [2.45, 2.75) is 4.90 Å². The summed E-state index contributed by atoms with van der Waals surface area (Å²) in [5.41, 5.74) is 0.0867. The third-order valence-electron chi connectivity index (χ3n) is 2.20. The lowest BCUT2D eigenvalue weighted by Gasteiger charge is -2.07. The van der Waals surface area contributed by atoms with Gasteiger partial charge in [0.05, 0.1) is 21.1 Å². The van der Waals surface area contributed by atoms with Crippen LogP contribution in [0.5, 0.6) is 0 Å². The van der Waals surface area contributed by atoms with Crippen molar-refractivity contribution < 1.29 is 8.42 Å². The van der Waals surface area contributed by atoms with Crippen LogP contribution in [-0.2, 0) is 10.0 Å². The van der Waals surface area contributed by atoms with Gasteiger partial charge in [-0.05, 0) is 18.2 Å². The van der Waals surface area contributed by atoms with E-state index < -0.39 is 10.0 Å². The number of hydrogen-bond acceptors (Lipinski definition) is 4. The summed E-state index contributed by atoms with van der Waals surface area (Å²) in [5.74, 6) is -0.00595. The summed E-state index contributed by atoms with van der Waals surface area (Å²) in [6, 6.07) is 5.70. The van der Waals surface area contributed by atoms with Crippen molar-refractivity contribution in [1.82, 2.24) is 10.2 Å². The quantitative estimate of drug-likeness (QED) is 0.908. The van der Waals surface area contributed by atoms with Crippen LogP contribution in [0, 0.1) is 11.3 Å². The fourth-order valence-electron chi connectivity index (χ4n) is 1.29. The Morgan fingerprint density at radius 2 is 2.05 bits per heavy atom.